The predicted molar refractivity (Wildman–Crippen MR) is 74.9 cm³/mol. The summed E-state index contributed by atoms with van der Waals surface area (Å²) in [5.74, 6) is -1.91. The highest BCUT2D eigenvalue weighted by molar-refractivity contribution is 6.33. The summed E-state index contributed by atoms with van der Waals surface area (Å²) in [6, 6.07) is 6.21. The van der Waals surface area contributed by atoms with Crippen molar-refractivity contribution in [3.63, 3.8) is 0 Å². The lowest BCUT2D eigenvalue weighted by Crippen LogP contribution is -2.13. The molecule has 3 nitrogen and oxygen atoms in total. The number of nitrogens with two attached hydrogens (primary N) is 1. The molecule has 0 bridgehead atoms. The van der Waals surface area contributed by atoms with Crippen LogP contribution in [0.1, 0.15) is 15.9 Å². The van der Waals surface area contributed by atoms with E-state index in [1.807, 2.05) is 0 Å². The SMILES string of the molecule is Cc1cc(F)c(NC(=O)c2ccc(N)c(Cl)c2)cc1F. The number of hydrogen-bond acceptors (Lipinski definition) is 2. The highest BCUT2D eigenvalue weighted by atomic mass is 35.5. The van der Waals surface area contributed by atoms with Gasteiger partial charge in [-0.1, -0.05) is 11.6 Å². The number of rotatable bonds is 2. The zero-order chi connectivity index (χ0) is 14.9. The Balaban J connectivity index is 2.27. The molecule has 0 saturated carbocycles. The molecule has 0 aliphatic carbocycles. The smallest absolute Gasteiger partial charge is 0.255 e. The fourth-order valence-electron chi connectivity index (χ4n) is 1.60. The molecule has 0 atom stereocenters. The maximum atomic E-state index is 13.6. The van der Waals surface area contributed by atoms with Gasteiger partial charge >= 0.3 is 0 Å². The molecule has 2 aromatic carbocycles. The Kier molecular flexibility index (Phi) is 3.90. The van der Waals surface area contributed by atoms with Crippen molar-refractivity contribution in [1.82, 2.24) is 0 Å². The van der Waals surface area contributed by atoms with E-state index in [9.17, 15) is 13.6 Å². The number of aryl methyl sites for hydroxylation is 1. The number of hydrogen-bond donors (Lipinski definition) is 2. The second-order valence-electron chi connectivity index (χ2n) is 4.27. The maximum absolute atomic E-state index is 13.6. The molecular weight excluding hydrogens is 286 g/mol. The number of carbonyl (C=O) groups is 1. The van der Waals surface area contributed by atoms with Crippen LogP contribution in [0.25, 0.3) is 0 Å². The van der Waals surface area contributed by atoms with Crippen LogP contribution in [-0.2, 0) is 0 Å². The number of carbonyl (C=O) groups excluding carboxylic acids is 1. The van der Waals surface area contributed by atoms with Gasteiger partial charge < -0.3 is 11.1 Å². The van der Waals surface area contributed by atoms with Gasteiger partial charge in [0, 0.05) is 11.6 Å². The highest BCUT2D eigenvalue weighted by Crippen LogP contribution is 2.22. The highest BCUT2D eigenvalue weighted by Gasteiger charge is 2.12. The molecule has 0 aliphatic rings. The van der Waals surface area contributed by atoms with Gasteiger partial charge in [-0.2, -0.15) is 0 Å². The van der Waals surface area contributed by atoms with Crippen LogP contribution in [0.5, 0.6) is 0 Å². The van der Waals surface area contributed by atoms with Crippen molar-refractivity contribution in [2.24, 2.45) is 0 Å². The first kappa shape index (κ1) is 14.3. The van der Waals surface area contributed by atoms with E-state index in [1.54, 1.807) is 0 Å². The van der Waals surface area contributed by atoms with Crippen molar-refractivity contribution < 1.29 is 13.6 Å². The topological polar surface area (TPSA) is 55.1 Å². The molecule has 104 valence electrons. The van der Waals surface area contributed by atoms with Gasteiger partial charge in [0.1, 0.15) is 11.6 Å². The third-order valence-electron chi connectivity index (χ3n) is 2.76. The Labute approximate surface area is 119 Å². The lowest BCUT2D eigenvalue weighted by molar-refractivity contribution is 0.102. The Hall–Kier alpha value is -2.14. The van der Waals surface area contributed by atoms with E-state index in [4.69, 9.17) is 17.3 Å². The summed E-state index contributed by atoms with van der Waals surface area (Å²) in [6.07, 6.45) is 0. The molecule has 6 heteroatoms. The molecule has 0 unspecified atom stereocenters. The first-order chi connectivity index (χ1) is 9.38. The first-order valence-corrected chi connectivity index (χ1v) is 6.08. The van der Waals surface area contributed by atoms with Crippen LogP contribution in [0, 0.1) is 18.6 Å². The van der Waals surface area contributed by atoms with Crippen molar-refractivity contribution in [2.45, 2.75) is 6.92 Å². The van der Waals surface area contributed by atoms with E-state index in [2.05, 4.69) is 5.32 Å². The lowest BCUT2D eigenvalue weighted by Gasteiger charge is -2.08. The number of nitrogen functional groups attached to an aromatic ring is 1. The monoisotopic (exact) mass is 296 g/mol. The van der Waals surface area contributed by atoms with Gasteiger partial charge in [0.25, 0.3) is 5.91 Å². The van der Waals surface area contributed by atoms with Crippen LogP contribution in [0.2, 0.25) is 5.02 Å². The fourth-order valence-corrected chi connectivity index (χ4v) is 1.79. The minimum atomic E-state index is -0.709. The van der Waals surface area contributed by atoms with Crippen LogP contribution in [0.4, 0.5) is 20.2 Å². The van der Waals surface area contributed by atoms with E-state index in [0.717, 1.165) is 12.1 Å². The van der Waals surface area contributed by atoms with Crippen LogP contribution < -0.4 is 11.1 Å². The largest absolute Gasteiger partial charge is 0.398 e. The van der Waals surface area contributed by atoms with Crippen LogP contribution in [0.15, 0.2) is 30.3 Å². The van der Waals surface area contributed by atoms with Crippen molar-refractivity contribution in [3.05, 3.63) is 58.1 Å². The van der Waals surface area contributed by atoms with Gasteiger partial charge in [-0.25, -0.2) is 8.78 Å². The molecule has 2 aromatic rings. The Morgan fingerprint density at radius 1 is 1.20 bits per heavy atom. The van der Waals surface area contributed by atoms with E-state index in [0.29, 0.717) is 5.69 Å². The molecule has 2 rings (SSSR count). The molecule has 0 heterocycles. The van der Waals surface area contributed by atoms with Gasteiger partial charge in [0.15, 0.2) is 0 Å². The predicted octanol–water partition coefficient (Wildman–Crippen LogP) is 3.76. The van der Waals surface area contributed by atoms with Crippen molar-refractivity contribution in [1.29, 1.82) is 0 Å². The number of nitrogens with one attached hydrogen (secondary N) is 1. The second-order valence-corrected chi connectivity index (χ2v) is 4.68. The average molecular weight is 297 g/mol. The molecule has 20 heavy (non-hydrogen) atoms. The molecule has 3 N–H and O–H groups in total. The van der Waals surface area contributed by atoms with Gasteiger partial charge in [0.05, 0.1) is 16.4 Å². The minimum absolute atomic E-state index is 0.163. The zero-order valence-electron chi connectivity index (χ0n) is 10.5. The Bertz CT molecular complexity index is 689. The molecule has 0 fully saturated rings. The molecule has 0 radical (unpaired) electrons. The number of anilines is 2. The summed E-state index contributed by atoms with van der Waals surface area (Å²) in [6.45, 7) is 1.43. The molecule has 0 saturated heterocycles. The Morgan fingerprint density at radius 3 is 2.55 bits per heavy atom. The number of benzene rings is 2. The third-order valence-corrected chi connectivity index (χ3v) is 3.09. The number of halogens is 3. The first-order valence-electron chi connectivity index (χ1n) is 5.70. The van der Waals surface area contributed by atoms with Crippen molar-refractivity contribution >= 4 is 28.9 Å². The summed E-state index contributed by atoms with van der Waals surface area (Å²) in [4.78, 5) is 11.9. The summed E-state index contributed by atoms with van der Waals surface area (Å²) < 4.78 is 27.0. The van der Waals surface area contributed by atoms with E-state index < -0.39 is 17.5 Å². The van der Waals surface area contributed by atoms with Crippen LogP contribution in [-0.4, -0.2) is 5.91 Å². The van der Waals surface area contributed by atoms with Gasteiger partial charge in [-0.05, 0) is 36.8 Å². The average Bonchev–Trinajstić information content (AvgIpc) is 2.39. The molecule has 0 aliphatic heterocycles. The van der Waals surface area contributed by atoms with E-state index in [1.165, 1.54) is 25.1 Å². The quantitative estimate of drug-likeness (QED) is 0.829. The minimum Gasteiger partial charge on any atom is -0.398 e. The third kappa shape index (κ3) is 2.88. The van der Waals surface area contributed by atoms with Crippen molar-refractivity contribution in [2.75, 3.05) is 11.1 Å². The van der Waals surface area contributed by atoms with Crippen LogP contribution >= 0.6 is 11.6 Å². The molecule has 0 aromatic heterocycles. The summed E-state index contributed by atoms with van der Waals surface area (Å²) in [5, 5.41) is 2.50. The van der Waals surface area contributed by atoms with Crippen molar-refractivity contribution in [3.8, 4) is 0 Å². The van der Waals surface area contributed by atoms with Gasteiger partial charge in [-0.3, -0.25) is 4.79 Å². The number of amides is 1. The standard InChI is InChI=1S/C14H11ClF2N2O/c1-7-4-11(17)13(6-10(7)16)19-14(20)8-2-3-12(18)9(15)5-8/h2-6H,18H2,1H3,(H,19,20). The van der Waals surface area contributed by atoms with Gasteiger partial charge in [0.2, 0.25) is 0 Å². The van der Waals surface area contributed by atoms with E-state index in [-0.39, 0.29) is 21.8 Å². The van der Waals surface area contributed by atoms with Gasteiger partial charge in [-0.15, -0.1) is 0 Å². The summed E-state index contributed by atoms with van der Waals surface area (Å²) >= 11 is 5.80. The normalized spacial score (nSPS) is 10.4. The Morgan fingerprint density at radius 2 is 1.90 bits per heavy atom. The van der Waals surface area contributed by atoms with Crippen LogP contribution in [0.3, 0.4) is 0 Å². The fraction of sp³-hybridized carbons (Fsp3) is 0.0714. The summed E-state index contributed by atoms with van der Waals surface area (Å²) in [5.41, 5.74) is 5.99. The zero-order valence-corrected chi connectivity index (χ0v) is 11.3. The summed E-state index contributed by atoms with van der Waals surface area (Å²) in [7, 11) is 0. The second kappa shape index (κ2) is 5.46. The lowest BCUT2D eigenvalue weighted by atomic mass is 10.1. The molecule has 0 spiro atoms. The molecule has 1 amide bonds. The maximum Gasteiger partial charge on any atom is 0.255 e. The molecular formula is C14H11ClF2N2O. The van der Waals surface area contributed by atoms with E-state index >= 15 is 0 Å².